The summed E-state index contributed by atoms with van der Waals surface area (Å²) >= 11 is 1.44. The number of rotatable bonds is 3. The molecule has 0 saturated carbocycles. The number of nitrogens with zero attached hydrogens (tertiary/aromatic N) is 1. The summed E-state index contributed by atoms with van der Waals surface area (Å²) in [7, 11) is 0. The van der Waals surface area contributed by atoms with Crippen LogP contribution in [0, 0.1) is 12.8 Å². The lowest BCUT2D eigenvalue weighted by Gasteiger charge is -2.27. The normalized spacial score (nSPS) is 18.9. The smallest absolute Gasteiger partial charge is 0.0898 e. The fraction of sp³-hybridized carbons (Fsp3) is 0.350. The predicted octanol–water partition coefficient (Wildman–Crippen LogP) is 4.18. The molecule has 1 fully saturated rings. The monoisotopic (exact) mass is 337 g/mol. The SMILES string of the molecule is Cc1ccc2ccc(CC3=C(C4CCNCC4)C=NSN3)cc2c1. The average Bonchev–Trinajstić information content (AvgIpc) is 2.62. The zero-order valence-electron chi connectivity index (χ0n) is 14.0. The Labute approximate surface area is 147 Å². The molecule has 24 heavy (non-hydrogen) atoms. The van der Waals surface area contributed by atoms with Gasteiger partial charge in [0, 0.05) is 18.3 Å². The second kappa shape index (κ2) is 6.99. The van der Waals surface area contributed by atoms with Gasteiger partial charge in [0.1, 0.15) is 0 Å². The van der Waals surface area contributed by atoms with Gasteiger partial charge in [-0.3, -0.25) is 0 Å². The molecule has 0 aromatic heterocycles. The minimum absolute atomic E-state index is 0.626. The van der Waals surface area contributed by atoms with Crippen LogP contribution < -0.4 is 10.0 Å². The molecule has 2 aliphatic heterocycles. The van der Waals surface area contributed by atoms with E-state index in [9.17, 15) is 0 Å². The zero-order valence-corrected chi connectivity index (χ0v) is 14.8. The summed E-state index contributed by atoms with van der Waals surface area (Å²) in [5.74, 6) is 0.626. The standard InChI is InChI=1S/C20H23N3S/c1-14-2-4-16-5-3-15(11-18(16)10-14)12-20-19(13-22-24-23-20)17-6-8-21-9-7-17/h2-5,10-11,13,17,21,23H,6-9,12H2,1H3. The molecule has 4 heteroatoms. The number of fused-ring (bicyclic) bond motifs is 1. The predicted molar refractivity (Wildman–Crippen MR) is 104 cm³/mol. The maximum absolute atomic E-state index is 4.39. The highest BCUT2D eigenvalue weighted by Gasteiger charge is 2.21. The van der Waals surface area contributed by atoms with Crippen LogP contribution in [0.25, 0.3) is 10.8 Å². The topological polar surface area (TPSA) is 36.4 Å². The number of aryl methyl sites for hydroxylation is 1. The molecule has 4 rings (SSSR count). The van der Waals surface area contributed by atoms with Crippen LogP contribution in [0.3, 0.4) is 0 Å². The molecule has 0 unspecified atom stereocenters. The maximum Gasteiger partial charge on any atom is 0.0898 e. The molecule has 0 radical (unpaired) electrons. The van der Waals surface area contributed by atoms with Crippen LogP contribution in [0.1, 0.15) is 24.0 Å². The Hall–Kier alpha value is -1.78. The summed E-state index contributed by atoms with van der Waals surface area (Å²) in [6.07, 6.45) is 5.43. The lowest BCUT2D eigenvalue weighted by molar-refractivity contribution is 0.426. The average molecular weight is 337 g/mol. The van der Waals surface area contributed by atoms with Crippen molar-refractivity contribution >= 4 is 29.1 Å². The van der Waals surface area contributed by atoms with Crippen LogP contribution in [0.2, 0.25) is 0 Å². The lowest BCUT2D eigenvalue weighted by Crippen LogP contribution is -2.31. The first kappa shape index (κ1) is 15.7. The Kier molecular flexibility index (Phi) is 4.58. The Morgan fingerprint density at radius 1 is 1.08 bits per heavy atom. The largest absolute Gasteiger partial charge is 0.317 e. The molecule has 124 valence electrons. The summed E-state index contributed by atoms with van der Waals surface area (Å²) < 4.78 is 7.84. The number of hydrogen-bond donors (Lipinski definition) is 2. The number of hydrogen-bond acceptors (Lipinski definition) is 4. The van der Waals surface area contributed by atoms with Gasteiger partial charge in [0.25, 0.3) is 0 Å². The van der Waals surface area contributed by atoms with Crippen molar-refractivity contribution in [3.8, 4) is 0 Å². The van der Waals surface area contributed by atoms with Crippen molar-refractivity contribution in [1.82, 2.24) is 10.0 Å². The van der Waals surface area contributed by atoms with E-state index in [0.717, 1.165) is 19.5 Å². The molecule has 2 aromatic carbocycles. The zero-order chi connectivity index (χ0) is 16.4. The molecular formula is C20H23N3S. The van der Waals surface area contributed by atoms with Gasteiger partial charge in [0.15, 0.2) is 0 Å². The van der Waals surface area contributed by atoms with Gasteiger partial charge in [-0.1, -0.05) is 42.0 Å². The van der Waals surface area contributed by atoms with Crippen molar-refractivity contribution in [2.45, 2.75) is 26.2 Å². The summed E-state index contributed by atoms with van der Waals surface area (Å²) in [5, 5.41) is 6.09. The van der Waals surface area contributed by atoms with E-state index in [1.807, 2.05) is 0 Å². The summed E-state index contributed by atoms with van der Waals surface area (Å²) in [4.78, 5) is 0. The number of nitrogens with one attached hydrogen (secondary N) is 2. The van der Waals surface area contributed by atoms with Gasteiger partial charge < -0.3 is 10.0 Å². The minimum atomic E-state index is 0.626. The third-order valence-electron chi connectivity index (χ3n) is 4.98. The molecule has 1 saturated heterocycles. The molecule has 2 heterocycles. The molecule has 0 amide bonds. The third kappa shape index (κ3) is 3.35. The van der Waals surface area contributed by atoms with E-state index in [2.05, 4.69) is 64.0 Å². The Balaban J connectivity index is 1.64. The molecule has 2 aliphatic rings. The van der Waals surface area contributed by atoms with Crippen molar-refractivity contribution in [2.75, 3.05) is 13.1 Å². The van der Waals surface area contributed by atoms with E-state index in [1.165, 1.54) is 58.1 Å². The molecule has 2 aromatic rings. The molecule has 0 atom stereocenters. The maximum atomic E-state index is 4.39. The molecular weight excluding hydrogens is 314 g/mol. The van der Waals surface area contributed by atoms with Crippen LogP contribution in [0.15, 0.2) is 52.1 Å². The number of piperidine rings is 1. The third-order valence-corrected chi connectivity index (χ3v) is 5.53. The quantitative estimate of drug-likeness (QED) is 0.825. The summed E-state index contributed by atoms with van der Waals surface area (Å²) in [5.41, 5.74) is 5.40. The van der Waals surface area contributed by atoms with Gasteiger partial charge in [-0.25, -0.2) is 4.40 Å². The molecule has 0 bridgehead atoms. The van der Waals surface area contributed by atoms with Gasteiger partial charge in [0.2, 0.25) is 0 Å². The van der Waals surface area contributed by atoms with Crippen molar-refractivity contribution in [2.24, 2.45) is 10.3 Å². The lowest BCUT2D eigenvalue weighted by atomic mass is 9.88. The second-order valence-corrected chi connectivity index (χ2v) is 7.35. The van der Waals surface area contributed by atoms with Crippen molar-refractivity contribution in [1.29, 1.82) is 0 Å². The first-order valence-electron chi connectivity index (χ1n) is 8.68. The van der Waals surface area contributed by atoms with E-state index < -0.39 is 0 Å². The molecule has 2 N–H and O–H groups in total. The molecule has 0 aliphatic carbocycles. The van der Waals surface area contributed by atoms with Gasteiger partial charge in [-0.05, 0) is 60.7 Å². The Bertz CT molecular complexity index is 804. The van der Waals surface area contributed by atoms with Gasteiger partial charge in [0.05, 0.1) is 12.1 Å². The fourth-order valence-electron chi connectivity index (χ4n) is 3.65. The van der Waals surface area contributed by atoms with E-state index in [0.29, 0.717) is 5.92 Å². The Morgan fingerprint density at radius 3 is 2.79 bits per heavy atom. The molecule has 0 spiro atoms. The van der Waals surface area contributed by atoms with E-state index in [4.69, 9.17) is 0 Å². The van der Waals surface area contributed by atoms with Crippen LogP contribution in [0.5, 0.6) is 0 Å². The highest BCUT2D eigenvalue weighted by Crippen LogP contribution is 2.28. The summed E-state index contributed by atoms with van der Waals surface area (Å²) in [6.45, 7) is 4.37. The van der Waals surface area contributed by atoms with Crippen LogP contribution >= 0.6 is 12.1 Å². The first-order chi connectivity index (χ1) is 11.8. The van der Waals surface area contributed by atoms with Crippen LogP contribution in [-0.4, -0.2) is 19.3 Å². The first-order valence-corrected chi connectivity index (χ1v) is 9.45. The minimum Gasteiger partial charge on any atom is -0.317 e. The summed E-state index contributed by atoms with van der Waals surface area (Å²) in [6, 6.07) is 13.5. The van der Waals surface area contributed by atoms with E-state index in [-0.39, 0.29) is 0 Å². The van der Waals surface area contributed by atoms with Crippen molar-refractivity contribution < 1.29 is 0 Å². The van der Waals surface area contributed by atoms with Gasteiger partial charge in [-0.2, -0.15) is 0 Å². The highest BCUT2D eigenvalue weighted by atomic mass is 32.2. The van der Waals surface area contributed by atoms with Crippen LogP contribution in [-0.2, 0) is 6.42 Å². The highest BCUT2D eigenvalue weighted by molar-refractivity contribution is 7.96. The van der Waals surface area contributed by atoms with E-state index in [1.54, 1.807) is 0 Å². The Morgan fingerprint density at radius 2 is 1.92 bits per heavy atom. The number of benzene rings is 2. The van der Waals surface area contributed by atoms with Crippen LogP contribution in [0.4, 0.5) is 0 Å². The van der Waals surface area contributed by atoms with Gasteiger partial charge in [-0.15, -0.1) is 0 Å². The van der Waals surface area contributed by atoms with Crippen molar-refractivity contribution in [3.05, 3.63) is 58.8 Å². The number of allylic oxidation sites excluding steroid dienone is 2. The second-order valence-electron chi connectivity index (χ2n) is 6.75. The van der Waals surface area contributed by atoms with Gasteiger partial charge >= 0.3 is 0 Å². The molecule has 3 nitrogen and oxygen atoms in total. The van der Waals surface area contributed by atoms with E-state index >= 15 is 0 Å². The fourth-order valence-corrected chi connectivity index (χ4v) is 4.17. The van der Waals surface area contributed by atoms with Crippen molar-refractivity contribution in [3.63, 3.8) is 0 Å².